The first-order chi connectivity index (χ1) is 5.66. The van der Waals surface area contributed by atoms with Crippen LogP contribution in [0.15, 0.2) is 0 Å². The van der Waals surface area contributed by atoms with Crippen LogP contribution in [0.5, 0.6) is 0 Å². The third-order valence-corrected chi connectivity index (χ3v) is 11.9. The molecule has 1 aliphatic rings. The maximum Gasteiger partial charge on any atom is 0.0567 e. The molecule has 1 saturated heterocycles. The number of nitrogens with one attached hydrogen (secondary N) is 4. The van der Waals surface area contributed by atoms with Crippen molar-refractivity contribution in [3.63, 3.8) is 0 Å². The lowest BCUT2D eigenvalue weighted by atomic mass is 11.6. The van der Waals surface area contributed by atoms with E-state index in [-0.39, 0.29) is 0 Å². The Kier molecular flexibility index (Phi) is 3.30. The molecule has 1 heterocycles. The second kappa shape index (κ2) is 3.73. The van der Waals surface area contributed by atoms with Crippen LogP contribution >= 0.6 is 20.8 Å². The molecule has 1 aliphatic heterocycles. The van der Waals surface area contributed by atoms with Crippen LogP contribution in [-0.2, 0) is 0 Å². The molecule has 0 spiro atoms. The van der Waals surface area contributed by atoms with Crippen molar-refractivity contribution in [2.75, 3.05) is 38.4 Å². The molecule has 1 fully saturated rings. The van der Waals surface area contributed by atoms with Gasteiger partial charge >= 0.3 is 0 Å². The molecule has 4 N–H and O–H groups in total. The van der Waals surface area contributed by atoms with E-state index in [4.69, 9.17) is 0 Å². The third-order valence-electron chi connectivity index (χ3n) is 2.37. The van der Waals surface area contributed by atoms with Gasteiger partial charge in [0.15, 0.2) is 0 Å². The zero-order chi connectivity index (χ0) is 9.24. The Labute approximate surface area is 78.4 Å². The summed E-state index contributed by atoms with van der Waals surface area (Å²) < 4.78 is 13.6. The first-order valence-corrected chi connectivity index (χ1v) is 7.91. The van der Waals surface area contributed by atoms with Crippen LogP contribution in [0.1, 0.15) is 0 Å². The fraction of sp³-hybridized carbons (Fsp3) is 1.00. The molecule has 1 rings (SSSR count). The van der Waals surface area contributed by atoms with Gasteiger partial charge < -0.3 is 0 Å². The summed E-state index contributed by atoms with van der Waals surface area (Å²) in [6.45, 7) is 0. The van der Waals surface area contributed by atoms with Crippen molar-refractivity contribution in [2.24, 2.45) is 0 Å². The van der Waals surface area contributed by atoms with Crippen molar-refractivity contribution in [2.45, 2.75) is 0 Å². The summed E-state index contributed by atoms with van der Waals surface area (Å²) >= 11 is 0. The SMILES string of the molecule is CNS1(NC)CS(NC)(NC)C1. The Morgan fingerprint density at radius 1 is 0.667 bits per heavy atom. The van der Waals surface area contributed by atoms with Gasteiger partial charge in [0.1, 0.15) is 0 Å². The number of hydrogen-bond acceptors (Lipinski definition) is 4. The van der Waals surface area contributed by atoms with E-state index in [1.54, 1.807) is 0 Å². The maximum atomic E-state index is 3.40. The van der Waals surface area contributed by atoms with Gasteiger partial charge in [0.2, 0.25) is 0 Å². The number of rotatable bonds is 4. The lowest BCUT2D eigenvalue weighted by Gasteiger charge is -2.62. The normalized spacial score (nSPS) is 30.3. The second-order valence-corrected chi connectivity index (χ2v) is 9.87. The predicted molar refractivity (Wildman–Crippen MR) is 61.2 cm³/mol. The standard InChI is InChI=1S/C6H20N4S2/c1-7-11(8-2)5-12(6-11,9-3)10-4/h7-10H,5-6H2,1-4H3. The summed E-state index contributed by atoms with van der Waals surface area (Å²) in [6.07, 6.45) is 0. The highest BCUT2D eigenvalue weighted by Gasteiger charge is 2.44. The fourth-order valence-corrected chi connectivity index (χ4v) is 10.7. The van der Waals surface area contributed by atoms with E-state index in [0.29, 0.717) is 0 Å². The van der Waals surface area contributed by atoms with E-state index in [1.807, 2.05) is 28.2 Å². The Hall–Kier alpha value is 0.540. The van der Waals surface area contributed by atoms with E-state index in [1.165, 1.54) is 10.2 Å². The second-order valence-electron chi connectivity index (χ2n) is 2.82. The highest BCUT2D eigenvalue weighted by atomic mass is 32.4. The molecule has 0 radical (unpaired) electrons. The van der Waals surface area contributed by atoms with Crippen LogP contribution in [0.4, 0.5) is 0 Å². The first kappa shape index (κ1) is 10.6. The van der Waals surface area contributed by atoms with Crippen LogP contribution < -0.4 is 18.9 Å². The average molecular weight is 212 g/mol. The van der Waals surface area contributed by atoms with Crippen LogP contribution in [0.2, 0.25) is 0 Å². The molecule has 6 heteroatoms. The minimum absolute atomic E-state index is 0.692. The van der Waals surface area contributed by atoms with Crippen molar-refractivity contribution in [1.82, 2.24) is 18.9 Å². The van der Waals surface area contributed by atoms with E-state index < -0.39 is 20.8 Å². The van der Waals surface area contributed by atoms with E-state index in [2.05, 4.69) is 18.9 Å². The Bertz CT molecular complexity index is 130. The van der Waals surface area contributed by atoms with E-state index >= 15 is 0 Å². The lowest BCUT2D eigenvalue weighted by molar-refractivity contribution is 1.09. The zero-order valence-electron chi connectivity index (χ0n) is 8.23. The van der Waals surface area contributed by atoms with Crippen molar-refractivity contribution >= 4 is 20.8 Å². The molecule has 0 saturated carbocycles. The summed E-state index contributed by atoms with van der Waals surface area (Å²) in [5, 5.41) is 2.44. The Morgan fingerprint density at radius 2 is 0.917 bits per heavy atom. The van der Waals surface area contributed by atoms with Gasteiger partial charge in [-0.3, -0.25) is 18.9 Å². The number of hydrogen-bond donors (Lipinski definition) is 4. The van der Waals surface area contributed by atoms with Crippen molar-refractivity contribution in [3.8, 4) is 0 Å². The zero-order valence-corrected chi connectivity index (χ0v) is 9.86. The Balaban J connectivity index is 2.52. The van der Waals surface area contributed by atoms with Gasteiger partial charge in [0.05, 0.1) is 10.2 Å². The lowest BCUT2D eigenvalue weighted by Crippen LogP contribution is -2.52. The summed E-state index contributed by atoms with van der Waals surface area (Å²) in [7, 11) is 6.78. The molecule has 0 aromatic heterocycles. The van der Waals surface area contributed by atoms with Crippen molar-refractivity contribution < 1.29 is 0 Å². The van der Waals surface area contributed by atoms with E-state index in [9.17, 15) is 0 Å². The molecule has 0 atom stereocenters. The van der Waals surface area contributed by atoms with E-state index in [0.717, 1.165) is 0 Å². The van der Waals surface area contributed by atoms with Gasteiger partial charge in [-0.15, -0.1) is 20.8 Å². The molecular formula is C6H20N4S2. The van der Waals surface area contributed by atoms with Gasteiger partial charge in [-0.1, -0.05) is 0 Å². The molecule has 0 aromatic carbocycles. The smallest absolute Gasteiger partial charge is 0.0567 e. The molecule has 76 valence electrons. The average Bonchev–Trinajstić information content (AvgIpc) is 2.07. The van der Waals surface area contributed by atoms with Gasteiger partial charge in [0, 0.05) is 0 Å². The molecule has 0 aliphatic carbocycles. The van der Waals surface area contributed by atoms with Crippen LogP contribution in [0.25, 0.3) is 0 Å². The summed E-state index contributed by atoms with van der Waals surface area (Å²) in [4.78, 5) is 0. The maximum absolute atomic E-state index is 3.40. The van der Waals surface area contributed by atoms with Crippen LogP contribution in [0, 0.1) is 0 Å². The minimum Gasteiger partial charge on any atom is -0.271 e. The molecule has 0 bridgehead atoms. The molecule has 0 unspecified atom stereocenters. The van der Waals surface area contributed by atoms with Crippen LogP contribution in [-0.4, -0.2) is 38.4 Å². The minimum atomic E-state index is -0.692. The van der Waals surface area contributed by atoms with Gasteiger partial charge in [-0.2, -0.15) is 0 Å². The van der Waals surface area contributed by atoms with Crippen molar-refractivity contribution in [1.29, 1.82) is 0 Å². The topological polar surface area (TPSA) is 48.1 Å². The predicted octanol–water partition coefficient (Wildman–Crippen LogP) is 0.0618. The van der Waals surface area contributed by atoms with Crippen molar-refractivity contribution in [3.05, 3.63) is 0 Å². The molecule has 12 heavy (non-hydrogen) atoms. The Morgan fingerprint density at radius 3 is 1.08 bits per heavy atom. The molecular weight excluding hydrogens is 192 g/mol. The molecule has 4 nitrogen and oxygen atoms in total. The van der Waals surface area contributed by atoms with Gasteiger partial charge in [-0.05, 0) is 28.2 Å². The fourth-order valence-electron chi connectivity index (χ4n) is 1.33. The molecule has 0 amide bonds. The highest BCUT2D eigenvalue weighted by molar-refractivity contribution is 8.60. The highest BCUT2D eigenvalue weighted by Crippen LogP contribution is 2.69. The monoisotopic (exact) mass is 212 g/mol. The summed E-state index contributed by atoms with van der Waals surface area (Å²) in [5.74, 6) is 0. The summed E-state index contributed by atoms with van der Waals surface area (Å²) in [5.41, 5.74) is 0. The van der Waals surface area contributed by atoms with Crippen LogP contribution in [0.3, 0.4) is 0 Å². The summed E-state index contributed by atoms with van der Waals surface area (Å²) in [6, 6.07) is 0. The largest absolute Gasteiger partial charge is 0.271 e. The van der Waals surface area contributed by atoms with Gasteiger partial charge in [0.25, 0.3) is 0 Å². The molecule has 0 aromatic rings. The quantitative estimate of drug-likeness (QED) is 0.532. The van der Waals surface area contributed by atoms with Gasteiger partial charge in [-0.25, -0.2) is 0 Å². The third kappa shape index (κ3) is 1.59. The first-order valence-electron chi connectivity index (χ1n) is 3.97.